The largest absolute Gasteiger partial charge is 0.353 e. The minimum absolute atomic E-state index is 0.0275. The maximum atomic E-state index is 14.4. The van der Waals surface area contributed by atoms with Gasteiger partial charge in [0.25, 0.3) is 0 Å². The minimum atomic E-state index is -0.360. The molecule has 29 heavy (non-hydrogen) atoms. The summed E-state index contributed by atoms with van der Waals surface area (Å²) in [5.74, 6) is 0.869. The zero-order valence-corrected chi connectivity index (χ0v) is 17.2. The third-order valence-electron chi connectivity index (χ3n) is 5.09. The van der Waals surface area contributed by atoms with Crippen LogP contribution in [0.25, 0.3) is 17.1 Å². The van der Waals surface area contributed by atoms with Gasteiger partial charge in [0.2, 0.25) is 5.91 Å². The van der Waals surface area contributed by atoms with E-state index in [0.717, 1.165) is 11.3 Å². The first-order chi connectivity index (χ1) is 14.0. The first-order valence-electron chi connectivity index (χ1n) is 9.72. The number of carbonyl (C=O) groups excluding carboxylic acids is 1. The average Bonchev–Trinajstić information content (AvgIpc) is 3.48. The fourth-order valence-electron chi connectivity index (χ4n) is 3.25. The molecule has 0 saturated heterocycles. The molecule has 1 amide bonds. The van der Waals surface area contributed by atoms with E-state index in [2.05, 4.69) is 15.5 Å². The van der Waals surface area contributed by atoms with Gasteiger partial charge >= 0.3 is 0 Å². The number of hydrogen-bond acceptors (Lipinski definition) is 4. The fourth-order valence-corrected chi connectivity index (χ4v) is 4.01. The second kappa shape index (κ2) is 8.37. The Morgan fingerprint density at radius 2 is 1.93 bits per heavy atom. The van der Waals surface area contributed by atoms with Crippen LogP contribution >= 0.6 is 11.8 Å². The van der Waals surface area contributed by atoms with Gasteiger partial charge in [-0.05, 0) is 56.9 Å². The van der Waals surface area contributed by atoms with Gasteiger partial charge in [-0.2, -0.15) is 0 Å². The van der Waals surface area contributed by atoms with Crippen molar-refractivity contribution < 1.29 is 9.18 Å². The molecular formula is C22H23FN4OS. The van der Waals surface area contributed by atoms with Crippen molar-refractivity contribution in [3.8, 4) is 17.1 Å². The molecule has 150 valence electrons. The lowest BCUT2D eigenvalue weighted by Gasteiger charge is -2.13. The number of carbonyl (C=O) groups is 1. The summed E-state index contributed by atoms with van der Waals surface area (Å²) >= 11 is 1.30. The highest BCUT2D eigenvalue weighted by Crippen LogP contribution is 2.33. The predicted octanol–water partition coefficient (Wildman–Crippen LogP) is 4.39. The molecule has 1 unspecified atom stereocenters. The number of nitrogens with one attached hydrogen (secondary N) is 1. The summed E-state index contributed by atoms with van der Waals surface area (Å²) in [6, 6.07) is 14.6. The maximum Gasteiger partial charge on any atom is 0.230 e. The Balaban J connectivity index is 1.62. The molecule has 1 aromatic heterocycles. The third-order valence-corrected chi connectivity index (χ3v) is 6.02. The summed E-state index contributed by atoms with van der Waals surface area (Å²) in [6.07, 6.45) is 2.37. The number of rotatable bonds is 7. The van der Waals surface area contributed by atoms with Gasteiger partial charge in [-0.15, -0.1) is 10.2 Å². The number of nitrogens with zero attached hydrogens (tertiary/aromatic N) is 3. The highest BCUT2D eigenvalue weighted by atomic mass is 32.2. The lowest BCUT2D eigenvalue weighted by atomic mass is 10.2. The number of aromatic nitrogens is 3. The Morgan fingerprint density at radius 1 is 1.21 bits per heavy atom. The standard InChI is InChI=1S/C22H23FN4OS/c1-14-7-11-17(12-8-14)27-21(18-5-3-4-6-19(18)23)25-26-22(27)29-13-20(28)24-15(2)16-9-10-16/h3-8,11-12,15-16H,9-10,13H2,1-2H3,(H,24,28). The Labute approximate surface area is 173 Å². The monoisotopic (exact) mass is 410 g/mol. The van der Waals surface area contributed by atoms with Crippen LogP contribution in [0.15, 0.2) is 53.7 Å². The van der Waals surface area contributed by atoms with Gasteiger partial charge in [0, 0.05) is 11.7 Å². The highest BCUT2D eigenvalue weighted by molar-refractivity contribution is 7.99. The van der Waals surface area contributed by atoms with Crippen LogP contribution in [0.5, 0.6) is 0 Å². The van der Waals surface area contributed by atoms with Crippen LogP contribution in [0, 0.1) is 18.7 Å². The van der Waals surface area contributed by atoms with Crippen molar-refractivity contribution in [1.29, 1.82) is 0 Å². The Morgan fingerprint density at radius 3 is 2.62 bits per heavy atom. The lowest BCUT2D eigenvalue weighted by molar-refractivity contribution is -0.119. The van der Waals surface area contributed by atoms with Gasteiger partial charge in [-0.25, -0.2) is 4.39 Å². The van der Waals surface area contributed by atoms with Crippen LogP contribution in [0.3, 0.4) is 0 Å². The maximum absolute atomic E-state index is 14.4. The van der Waals surface area contributed by atoms with Crippen LogP contribution < -0.4 is 5.32 Å². The molecule has 1 N–H and O–H groups in total. The van der Waals surface area contributed by atoms with Crippen LogP contribution in [0.2, 0.25) is 0 Å². The number of benzene rings is 2. The van der Waals surface area contributed by atoms with E-state index in [9.17, 15) is 9.18 Å². The van der Waals surface area contributed by atoms with E-state index in [-0.39, 0.29) is 23.5 Å². The number of hydrogen-bond donors (Lipinski definition) is 1. The van der Waals surface area contributed by atoms with E-state index in [0.29, 0.717) is 22.5 Å². The summed E-state index contributed by atoms with van der Waals surface area (Å²) in [5.41, 5.74) is 2.32. The molecule has 5 nitrogen and oxygen atoms in total. The molecule has 1 atom stereocenters. The van der Waals surface area contributed by atoms with E-state index in [4.69, 9.17) is 0 Å². The first kappa shape index (κ1) is 19.6. The van der Waals surface area contributed by atoms with E-state index < -0.39 is 0 Å². The first-order valence-corrected chi connectivity index (χ1v) is 10.7. The van der Waals surface area contributed by atoms with E-state index in [1.807, 2.05) is 38.1 Å². The minimum Gasteiger partial charge on any atom is -0.353 e. The molecular weight excluding hydrogens is 387 g/mol. The SMILES string of the molecule is Cc1ccc(-n2c(SCC(=O)NC(C)C3CC3)nnc2-c2ccccc2F)cc1. The molecule has 1 aliphatic rings. The van der Waals surface area contributed by atoms with Gasteiger partial charge in [-0.3, -0.25) is 9.36 Å². The molecule has 0 bridgehead atoms. The van der Waals surface area contributed by atoms with Crippen LogP contribution in [0.1, 0.15) is 25.3 Å². The van der Waals surface area contributed by atoms with Crippen molar-refractivity contribution in [1.82, 2.24) is 20.1 Å². The van der Waals surface area contributed by atoms with Gasteiger partial charge in [-0.1, -0.05) is 41.6 Å². The van der Waals surface area contributed by atoms with Gasteiger partial charge in [0.15, 0.2) is 11.0 Å². The molecule has 7 heteroatoms. The molecule has 1 fully saturated rings. The van der Waals surface area contributed by atoms with Crippen LogP contribution in [-0.4, -0.2) is 32.5 Å². The lowest BCUT2D eigenvalue weighted by Crippen LogP contribution is -2.35. The summed E-state index contributed by atoms with van der Waals surface area (Å²) in [4.78, 5) is 12.3. The Bertz CT molecular complexity index is 1010. The van der Waals surface area contributed by atoms with Crippen molar-refractivity contribution >= 4 is 17.7 Å². The zero-order chi connectivity index (χ0) is 20.4. The Kier molecular flexibility index (Phi) is 5.67. The molecule has 0 aliphatic heterocycles. The average molecular weight is 411 g/mol. The van der Waals surface area contributed by atoms with Crippen molar-refractivity contribution in [2.45, 2.75) is 37.9 Å². The second-order valence-corrected chi connectivity index (χ2v) is 8.38. The summed E-state index contributed by atoms with van der Waals surface area (Å²) in [7, 11) is 0. The predicted molar refractivity (Wildman–Crippen MR) is 113 cm³/mol. The molecule has 1 saturated carbocycles. The van der Waals surface area contributed by atoms with E-state index in [1.54, 1.807) is 22.8 Å². The molecule has 0 spiro atoms. The topological polar surface area (TPSA) is 59.8 Å². The third kappa shape index (κ3) is 4.50. The highest BCUT2D eigenvalue weighted by Gasteiger charge is 2.29. The molecule has 1 aliphatic carbocycles. The second-order valence-electron chi connectivity index (χ2n) is 7.44. The number of thioether (sulfide) groups is 1. The van der Waals surface area contributed by atoms with Crippen molar-refractivity contribution in [3.63, 3.8) is 0 Å². The molecule has 4 rings (SSSR count). The van der Waals surface area contributed by atoms with E-state index >= 15 is 0 Å². The van der Waals surface area contributed by atoms with Gasteiger partial charge in [0.1, 0.15) is 5.82 Å². The number of amides is 1. The zero-order valence-electron chi connectivity index (χ0n) is 16.4. The van der Waals surface area contributed by atoms with Crippen molar-refractivity contribution in [3.05, 3.63) is 59.9 Å². The molecule has 1 heterocycles. The Hall–Kier alpha value is -2.67. The smallest absolute Gasteiger partial charge is 0.230 e. The summed E-state index contributed by atoms with van der Waals surface area (Å²) < 4.78 is 16.2. The normalized spacial score (nSPS) is 14.6. The van der Waals surface area contributed by atoms with Crippen LogP contribution in [-0.2, 0) is 4.79 Å². The van der Waals surface area contributed by atoms with Gasteiger partial charge < -0.3 is 5.32 Å². The summed E-state index contributed by atoms with van der Waals surface area (Å²) in [5, 5.41) is 12.1. The van der Waals surface area contributed by atoms with E-state index in [1.165, 1.54) is 30.7 Å². The quantitative estimate of drug-likeness (QED) is 0.587. The molecule has 2 aromatic carbocycles. The number of halogens is 1. The summed E-state index contributed by atoms with van der Waals surface area (Å²) in [6.45, 7) is 4.06. The van der Waals surface area contributed by atoms with Crippen molar-refractivity contribution in [2.75, 3.05) is 5.75 Å². The molecule has 3 aromatic rings. The van der Waals surface area contributed by atoms with Crippen molar-refractivity contribution in [2.24, 2.45) is 5.92 Å². The number of aryl methyl sites for hydroxylation is 1. The fraction of sp³-hybridized carbons (Fsp3) is 0.318. The van der Waals surface area contributed by atoms with Crippen LogP contribution in [0.4, 0.5) is 4.39 Å². The molecule has 0 radical (unpaired) electrons. The van der Waals surface area contributed by atoms with Gasteiger partial charge in [0.05, 0.1) is 11.3 Å².